The number of nitrogens with two attached hydrogens (primary N) is 1. The van der Waals surface area contributed by atoms with Crippen molar-refractivity contribution >= 4 is 17.7 Å². The normalized spacial score (nSPS) is 12.0. The predicted molar refractivity (Wildman–Crippen MR) is 119 cm³/mol. The third-order valence-corrected chi connectivity index (χ3v) is 5.60. The molecule has 1 amide bonds. The minimum absolute atomic E-state index is 0.0684. The van der Waals surface area contributed by atoms with E-state index in [2.05, 4.69) is 29.4 Å². The molecule has 158 valence electrons. The first-order chi connectivity index (χ1) is 14.4. The van der Waals surface area contributed by atoms with E-state index >= 15 is 0 Å². The van der Waals surface area contributed by atoms with Gasteiger partial charge in [-0.3, -0.25) is 4.79 Å². The van der Waals surface area contributed by atoms with Crippen molar-refractivity contribution in [1.82, 2.24) is 20.2 Å². The molecule has 1 aromatic heterocycles. The van der Waals surface area contributed by atoms with Crippen LogP contribution in [-0.4, -0.2) is 26.5 Å². The summed E-state index contributed by atoms with van der Waals surface area (Å²) < 4.78 is 7.12. The van der Waals surface area contributed by atoms with Crippen LogP contribution < -0.4 is 15.9 Å². The van der Waals surface area contributed by atoms with Gasteiger partial charge in [-0.15, -0.1) is 10.2 Å². The SMILES string of the molecule is CC(C)c1ccc(OCc2nnc(SCC(=O)N[C@@H](C)c3ccccc3)n2N)cc1. The van der Waals surface area contributed by atoms with E-state index < -0.39 is 0 Å². The van der Waals surface area contributed by atoms with Gasteiger partial charge in [0, 0.05) is 0 Å². The smallest absolute Gasteiger partial charge is 0.230 e. The van der Waals surface area contributed by atoms with Crippen molar-refractivity contribution in [2.75, 3.05) is 11.6 Å². The molecule has 0 aliphatic carbocycles. The maximum Gasteiger partial charge on any atom is 0.230 e. The van der Waals surface area contributed by atoms with E-state index in [4.69, 9.17) is 10.6 Å². The van der Waals surface area contributed by atoms with Crippen LogP contribution in [0, 0.1) is 0 Å². The van der Waals surface area contributed by atoms with Gasteiger partial charge in [0.1, 0.15) is 12.4 Å². The molecule has 3 rings (SSSR count). The van der Waals surface area contributed by atoms with Gasteiger partial charge in [0.25, 0.3) is 0 Å². The highest BCUT2D eigenvalue weighted by Gasteiger charge is 2.14. The van der Waals surface area contributed by atoms with E-state index in [-0.39, 0.29) is 24.3 Å². The fourth-order valence-corrected chi connectivity index (χ4v) is 3.53. The Labute approximate surface area is 181 Å². The highest BCUT2D eigenvalue weighted by atomic mass is 32.2. The monoisotopic (exact) mass is 425 g/mol. The summed E-state index contributed by atoms with van der Waals surface area (Å²) in [5, 5.41) is 11.6. The number of carbonyl (C=O) groups excluding carboxylic acids is 1. The Morgan fingerprint density at radius 1 is 1.07 bits per heavy atom. The second-order valence-corrected chi connectivity index (χ2v) is 8.21. The molecule has 0 aliphatic heterocycles. The molecule has 0 spiro atoms. The maximum atomic E-state index is 12.2. The largest absolute Gasteiger partial charge is 0.486 e. The summed E-state index contributed by atoms with van der Waals surface area (Å²) in [5.74, 6) is 7.87. The number of ether oxygens (including phenoxy) is 1. The van der Waals surface area contributed by atoms with Crippen LogP contribution in [0.5, 0.6) is 5.75 Å². The molecule has 7 nitrogen and oxygen atoms in total. The Bertz CT molecular complexity index is 957. The van der Waals surface area contributed by atoms with E-state index in [1.165, 1.54) is 22.0 Å². The fourth-order valence-electron chi connectivity index (χ4n) is 2.84. The van der Waals surface area contributed by atoms with Crippen LogP contribution in [0.25, 0.3) is 0 Å². The molecule has 0 unspecified atom stereocenters. The van der Waals surface area contributed by atoms with E-state index in [0.29, 0.717) is 16.9 Å². The summed E-state index contributed by atoms with van der Waals surface area (Å²) >= 11 is 1.24. The minimum Gasteiger partial charge on any atom is -0.486 e. The van der Waals surface area contributed by atoms with Gasteiger partial charge < -0.3 is 15.9 Å². The Balaban J connectivity index is 1.49. The number of carbonyl (C=O) groups is 1. The standard InChI is InChI=1S/C22H27N5O2S/c1-15(2)17-9-11-19(12-10-17)29-13-20-25-26-22(27(20)23)30-14-21(28)24-16(3)18-7-5-4-6-8-18/h4-12,15-16H,13-14,23H2,1-3H3,(H,24,28)/t16-/m0/s1. The molecule has 2 aromatic carbocycles. The zero-order valence-corrected chi connectivity index (χ0v) is 18.2. The second kappa shape index (κ2) is 10.2. The van der Waals surface area contributed by atoms with Crippen molar-refractivity contribution in [2.24, 2.45) is 0 Å². The van der Waals surface area contributed by atoms with Gasteiger partial charge in [0.2, 0.25) is 11.1 Å². The molecule has 0 bridgehead atoms. The van der Waals surface area contributed by atoms with Crippen LogP contribution in [0.2, 0.25) is 0 Å². The Hall–Kier alpha value is -3.00. The number of nitrogens with one attached hydrogen (secondary N) is 1. The molecule has 0 saturated carbocycles. The molecule has 0 radical (unpaired) electrons. The molecular formula is C22H27N5O2S. The highest BCUT2D eigenvalue weighted by molar-refractivity contribution is 7.99. The quantitative estimate of drug-likeness (QED) is 0.401. The second-order valence-electron chi connectivity index (χ2n) is 7.27. The molecule has 30 heavy (non-hydrogen) atoms. The van der Waals surface area contributed by atoms with Crippen LogP contribution in [0.1, 0.15) is 49.7 Å². The van der Waals surface area contributed by atoms with Crippen molar-refractivity contribution < 1.29 is 9.53 Å². The number of thioether (sulfide) groups is 1. The number of aromatic nitrogens is 3. The Kier molecular flexibility index (Phi) is 7.35. The number of hydrogen-bond acceptors (Lipinski definition) is 6. The van der Waals surface area contributed by atoms with Gasteiger partial charge in [0.05, 0.1) is 11.8 Å². The number of benzene rings is 2. The number of hydrogen-bond donors (Lipinski definition) is 2. The van der Waals surface area contributed by atoms with Crippen LogP contribution in [-0.2, 0) is 11.4 Å². The summed E-state index contributed by atoms with van der Waals surface area (Å²) in [6.45, 7) is 6.44. The Morgan fingerprint density at radius 2 is 1.77 bits per heavy atom. The number of nitrogen functional groups attached to an aromatic ring is 1. The summed E-state index contributed by atoms with van der Waals surface area (Å²) in [5.41, 5.74) is 2.31. The average molecular weight is 426 g/mol. The molecule has 0 aliphatic rings. The number of nitrogens with zero attached hydrogens (tertiary/aromatic N) is 3. The van der Waals surface area contributed by atoms with Gasteiger partial charge in [-0.25, -0.2) is 4.68 Å². The maximum absolute atomic E-state index is 12.2. The van der Waals surface area contributed by atoms with E-state index in [1.807, 2.05) is 61.5 Å². The fraction of sp³-hybridized carbons (Fsp3) is 0.318. The highest BCUT2D eigenvalue weighted by Crippen LogP contribution is 2.20. The molecule has 3 aromatic rings. The van der Waals surface area contributed by atoms with Crippen molar-refractivity contribution in [3.63, 3.8) is 0 Å². The lowest BCUT2D eigenvalue weighted by molar-refractivity contribution is -0.119. The lowest BCUT2D eigenvalue weighted by atomic mass is 10.0. The number of rotatable bonds is 9. The van der Waals surface area contributed by atoms with Gasteiger partial charge in [-0.1, -0.05) is 68.1 Å². The molecule has 0 saturated heterocycles. The summed E-state index contributed by atoms with van der Waals surface area (Å²) in [7, 11) is 0. The van der Waals surface area contributed by atoms with E-state index in [1.54, 1.807) is 0 Å². The van der Waals surface area contributed by atoms with Crippen molar-refractivity contribution in [3.05, 3.63) is 71.5 Å². The summed E-state index contributed by atoms with van der Waals surface area (Å²) in [4.78, 5) is 12.2. The molecule has 8 heteroatoms. The van der Waals surface area contributed by atoms with E-state index in [0.717, 1.165) is 11.3 Å². The lowest BCUT2D eigenvalue weighted by Gasteiger charge is -2.13. The van der Waals surface area contributed by atoms with E-state index in [9.17, 15) is 4.79 Å². The van der Waals surface area contributed by atoms with Gasteiger partial charge in [0.15, 0.2) is 5.82 Å². The van der Waals surface area contributed by atoms with Crippen molar-refractivity contribution in [3.8, 4) is 5.75 Å². The molecular weight excluding hydrogens is 398 g/mol. The first kappa shape index (κ1) is 21.7. The molecule has 1 heterocycles. The zero-order valence-electron chi connectivity index (χ0n) is 17.4. The zero-order chi connectivity index (χ0) is 21.5. The van der Waals surface area contributed by atoms with Crippen LogP contribution in [0.3, 0.4) is 0 Å². The van der Waals surface area contributed by atoms with Gasteiger partial charge in [-0.05, 0) is 36.1 Å². The molecule has 1 atom stereocenters. The predicted octanol–water partition coefficient (Wildman–Crippen LogP) is 3.66. The van der Waals surface area contributed by atoms with Crippen LogP contribution in [0.4, 0.5) is 0 Å². The Morgan fingerprint density at radius 3 is 2.43 bits per heavy atom. The van der Waals surface area contributed by atoms with Crippen LogP contribution >= 0.6 is 11.8 Å². The van der Waals surface area contributed by atoms with Gasteiger partial charge >= 0.3 is 0 Å². The lowest BCUT2D eigenvalue weighted by Crippen LogP contribution is -2.28. The summed E-state index contributed by atoms with van der Waals surface area (Å²) in [6, 6.07) is 17.7. The topological polar surface area (TPSA) is 95.1 Å². The number of amides is 1. The molecule has 3 N–H and O–H groups in total. The van der Waals surface area contributed by atoms with Crippen molar-refractivity contribution in [2.45, 2.75) is 44.5 Å². The summed E-state index contributed by atoms with van der Waals surface area (Å²) in [6.07, 6.45) is 0. The van der Waals surface area contributed by atoms with Crippen LogP contribution in [0.15, 0.2) is 59.8 Å². The van der Waals surface area contributed by atoms with Gasteiger partial charge in [-0.2, -0.15) is 0 Å². The average Bonchev–Trinajstić information content (AvgIpc) is 3.11. The minimum atomic E-state index is -0.0950. The third kappa shape index (κ3) is 5.76. The first-order valence-electron chi connectivity index (χ1n) is 9.83. The first-order valence-corrected chi connectivity index (χ1v) is 10.8. The third-order valence-electron chi connectivity index (χ3n) is 4.66. The molecule has 0 fully saturated rings. The van der Waals surface area contributed by atoms with Crippen molar-refractivity contribution in [1.29, 1.82) is 0 Å².